The van der Waals surface area contributed by atoms with E-state index in [-0.39, 0.29) is 16.7 Å². The maximum absolute atomic E-state index is 13.7. The Hall–Kier alpha value is -1.40. The summed E-state index contributed by atoms with van der Waals surface area (Å²) in [5, 5.41) is 0. The molecule has 5 nitrogen and oxygen atoms in total. The maximum Gasteiger partial charge on any atom is 0.233 e. The third-order valence-corrected chi connectivity index (χ3v) is 8.09. The van der Waals surface area contributed by atoms with Crippen LogP contribution in [0.1, 0.15) is 44.1 Å². The molecule has 1 heterocycles. The minimum absolute atomic E-state index is 0.133. The van der Waals surface area contributed by atoms with Gasteiger partial charge in [-0.15, -0.1) is 0 Å². The van der Waals surface area contributed by atoms with Gasteiger partial charge in [0.05, 0.1) is 11.7 Å². The lowest BCUT2D eigenvalue weighted by molar-refractivity contribution is -0.135. The van der Waals surface area contributed by atoms with Gasteiger partial charge >= 0.3 is 0 Å². The first kappa shape index (κ1) is 18.0. The van der Waals surface area contributed by atoms with Crippen molar-refractivity contribution in [1.29, 1.82) is 0 Å². The summed E-state index contributed by atoms with van der Waals surface area (Å²) in [5.74, 6) is 0.223. The highest BCUT2D eigenvalue weighted by Crippen LogP contribution is 2.72. The van der Waals surface area contributed by atoms with E-state index in [1.807, 2.05) is 23.1 Å². The first-order valence-corrected chi connectivity index (χ1v) is 11.5. The molecule has 142 valence electrons. The Morgan fingerprint density at radius 2 is 1.65 bits per heavy atom. The van der Waals surface area contributed by atoms with Gasteiger partial charge in [-0.3, -0.25) is 4.79 Å². The van der Waals surface area contributed by atoms with Gasteiger partial charge in [0.2, 0.25) is 15.9 Å². The van der Waals surface area contributed by atoms with Gasteiger partial charge in [-0.25, -0.2) is 12.7 Å². The van der Waals surface area contributed by atoms with Gasteiger partial charge in [-0.1, -0.05) is 43.2 Å². The molecule has 3 fully saturated rings. The van der Waals surface area contributed by atoms with Gasteiger partial charge < -0.3 is 4.90 Å². The maximum atomic E-state index is 13.7. The average molecular weight is 377 g/mol. The minimum atomic E-state index is -3.20. The van der Waals surface area contributed by atoms with Crippen LogP contribution in [-0.2, 0) is 20.2 Å². The Bertz CT molecular complexity index is 787. The lowest BCUT2D eigenvalue weighted by atomic mass is 9.83. The fourth-order valence-corrected chi connectivity index (χ4v) is 6.25. The highest BCUT2D eigenvalue weighted by atomic mass is 32.2. The van der Waals surface area contributed by atoms with E-state index in [4.69, 9.17) is 0 Å². The third kappa shape index (κ3) is 2.78. The van der Waals surface area contributed by atoms with E-state index in [0.29, 0.717) is 32.6 Å². The summed E-state index contributed by atoms with van der Waals surface area (Å²) in [6.45, 7) is 2.06. The van der Waals surface area contributed by atoms with Crippen LogP contribution in [0.15, 0.2) is 30.3 Å². The van der Waals surface area contributed by atoms with E-state index in [1.165, 1.54) is 23.4 Å². The molecule has 1 aliphatic heterocycles. The lowest BCUT2D eigenvalue weighted by Crippen LogP contribution is -2.44. The molecule has 26 heavy (non-hydrogen) atoms. The molecule has 4 rings (SSSR count). The second-order valence-electron chi connectivity index (χ2n) is 8.24. The number of carbonyl (C=O) groups is 1. The summed E-state index contributed by atoms with van der Waals surface area (Å²) in [6.07, 6.45) is 7.61. The molecule has 0 N–H and O–H groups in total. The molecule has 1 spiro atoms. The van der Waals surface area contributed by atoms with E-state index < -0.39 is 10.0 Å². The molecule has 3 aliphatic rings. The fraction of sp³-hybridized carbons (Fsp3) is 0.650. The molecular weight excluding hydrogens is 348 g/mol. The Morgan fingerprint density at radius 3 is 2.31 bits per heavy atom. The van der Waals surface area contributed by atoms with Crippen molar-refractivity contribution in [2.24, 2.45) is 5.41 Å². The van der Waals surface area contributed by atoms with Crippen molar-refractivity contribution in [2.45, 2.75) is 43.9 Å². The highest BCUT2D eigenvalue weighted by molar-refractivity contribution is 7.88. The molecule has 0 bridgehead atoms. The molecule has 0 unspecified atom stereocenters. The first-order valence-electron chi connectivity index (χ1n) is 9.69. The monoisotopic (exact) mass is 376 g/mol. The third-order valence-electron chi connectivity index (χ3n) is 6.79. The molecule has 1 saturated heterocycles. The Morgan fingerprint density at radius 1 is 0.962 bits per heavy atom. The second-order valence-corrected chi connectivity index (χ2v) is 10.2. The Balaban J connectivity index is 1.61. The average Bonchev–Trinajstić information content (AvgIpc) is 3.16. The predicted molar refractivity (Wildman–Crippen MR) is 101 cm³/mol. The van der Waals surface area contributed by atoms with Crippen molar-refractivity contribution in [3.05, 3.63) is 35.9 Å². The zero-order chi connectivity index (χ0) is 18.4. The van der Waals surface area contributed by atoms with Gasteiger partial charge in [0.15, 0.2) is 0 Å². The number of benzene rings is 1. The van der Waals surface area contributed by atoms with Crippen LogP contribution in [-0.4, -0.2) is 56.0 Å². The van der Waals surface area contributed by atoms with E-state index in [9.17, 15) is 13.2 Å². The van der Waals surface area contributed by atoms with Crippen molar-refractivity contribution in [1.82, 2.24) is 9.21 Å². The van der Waals surface area contributed by atoms with Crippen molar-refractivity contribution >= 4 is 15.9 Å². The number of sulfonamides is 1. The van der Waals surface area contributed by atoms with Crippen molar-refractivity contribution < 1.29 is 13.2 Å². The van der Waals surface area contributed by atoms with Gasteiger partial charge in [-0.2, -0.15) is 0 Å². The second kappa shape index (κ2) is 6.34. The summed E-state index contributed by atoms with van der Waals surface area (Å²) in [6, 6.07) is 10.3. The SMILES string of the molecule is CS(=O)(=O)N1CCCN(C(=O)[C@]2(c3ccccc3)CC23CCCC3)CC1. The molecule has 2 aliphatic carbocycles. The smallest absolute Gasteiger partial charge is 0.233 e. The summed E-state index contributed by atoms with van der Waals surface area (Å²) in [5.41, 5.74) is 0.898. The van der Waals surface area contributed by atoms with Crippen LogP contribution in [0.25, 0.3) is 0 Å². The normalized spacial score (nSPS) is 28.9. The van der Waals surface area contributed by atoms with Crippen LogP contribution < -0.4 is 0 Å². The molecule has 6 heteroatoms. The molecule has 1 amide bonds. The summed E-state index contributed by atoms with van der Waals surface area (Å²) < 4.78 is 25.3. The Kier molecular flexibility index (Phi) is 4.39. The summed E-state index contributed by atoms with van der Waals surface area (Å²) >= 11 is 0. The van der Waals surface area contributed by atoms with Crippen molar-refractivity contribution in [3.63, 3.8) is 0 Å². The zero-order valence-electron chi connectivity index (χ0n) is 15.5. The standard InChI is InChI=1S/C20H28N2O3S/c1-26(24,25)22-13-7-12-21(14-15-22)18(23)20(17-8-3-2-4-9-17)16-19(20)10-5-6-11-19/h2-4,8-9H,5-7,10-16H2,1H3/t20-/m1/s1. The quantitative estimate of drug-likeness (QED) is 0.814. The molecular formula is C20H28N2O3S. The summed E-state index contributed by atoms with van der Waals surface area (Å²) in [4.78, 5) is 15.6. The number of hydrogen-bond donors (Lipinski definition) is 0. The summed E-state index contributed by atoms with van der Waals surface area (Å²) in [7, 11) is -3.20. The van der Waals surface area contributed by atoms with Crippen LogP contribution >= 0.6 is 0 Å². The number of nitrogens with zero attached hydrogens (tertiary/aromatic N) is 2. The molecule has 1 atom stereocenters. The number of carbonyl (C=O) groups excluding carboxylic acids is 1. The minimum Gasteiger partial charge on any atom is -0.341 e. The van der Waals surface area contributed by atoms with Gasteiger partial charge in [0.25, 0.3) is 0 Å². The van der Waals surface area contributed by atoms with Crippen LogP contribution in [0.2, 0.25) is 0 Å². The largest absolute Gasteiger partial charge is 0.341 e. The van der Waals surface area contributed by atoms with Crippen LogP contribution in [0.5, 0.6) is 0 Å². The highest BCUT2D eigenvalue weighted by Gasteiger charge is 2.73. The van der Waals surface area contributed by atoms with E-state index in [2.05, 4.69) is 12.1 Å². The number of hydrogen-bond acceptors (Lipinski definition) is 3. The predicted octanol–water partition coefficient (Wildman–Crippen LogP) is 2.38. The van der Waals surface area contributed by atoms with Gasteiger partial charge in [-0.05, 0) is 36.7 Å². The zero-order valence-corrected chi connectivity index (χ0v) is 16.3. The van der Waals surface area contributed by atoms with E-state index in [1.54, 1.807) is 0 Å². The molecule has 2 saturated carbocycles. The molecule has 0 radical (unpaired) electrons. The molecule has 0 aromatic heterocycles. The number of amides is 1. The molecule has 1 aromatic rings. The van der Waals surface area contributed by atoms with Crippen LogP contribution in [0.3, 0.4) is 0 Å². The number of rotatable bonds is 3. The van der Waals surface area contributed by atoms with E-state index >= 15 is 0 Å². The van der Waals surface area contributed by atoms with Crippen molar-refractivity contribution in [2.75, 3.05) is 32.4 Å². The topological polar surface area (TPSA) is 57.7 Å². The Labute approximate surface area is 156 Å². The van der Waals surface area contributed by atoms with E-state index in [0.717, 1.165) is 24.8 Å². The first-order chi connectivity index (χ1) is 12.4. The molecule has 1 aromatic carbocycles. The van der Waals surface area contributed by atoms with Gasteiger partial charge in [0, 0.05) is 26.2 Å². The van der Waals surface area contributed by atoms with Crippen LogP contribution in [0, 0.1) is 5.41 Å². The van der Waals surface area contributed by atoms with Crippen molar-refractivity contribution in [3.8, 4) is 0 Å². The lowest BCUT2D eigenvalue weighted by Gasteiger charge is -2.30. The van der Waals surface area contributed by atoms with Crippen LogP contribution in [0.4, 0.5) is 0 Å². The van der Waals surface area contributed by atoms with Gasteiger partial charge in [0.1, 0.15) is 0 Å². The fourth-order valence-electron chi connectivity index (χ4n) is 5.37.